The molecule has 0 unspecified atom stereocenters. The van der Waals surface area contributed by atoms with Crippen LogP contribution in [-0.4, -0.2) is 19.9 Å². The number of rotatable bonds is 4. The standard InChI is InChI=1S/C6H14N2O2S/c1-4-6(3)7-8-11(9,10)5-2/h8H,4-5H2,1-3H3/b7-6+. The molecule has 66 valence electrons. The smallest absolute Gasteiger partial charge is 0.205 e. The molecule has 1 N–H and O–H groups in total. The maximum absolute atomic E-state index is 10.8. The van der Waals surface area contributed by atoms with Crippen molar-refractivity contribution in [3.63, 3.8) is 0 Å². The van der Waals surface area contributed by atoms with Gasteiger partial charge in [0.15, 0.2) is 0 Å². The van der Waals surface area contributed by atoms with Crippen molar-refractivity contribution in [2.45, 2.75) is 27.2 Å². The fourth-order valence-corrected chi connectivity index (χ4v) is 0.715. The highest BCUT2D eigenvalue weighted by atomic mass is 32.2. The van der Waals surface area contributed by atoms with Crippen LogP contribution in [0.2, 0.25) is 0 Å². The Morgan fingerprint density at radius 3 is 2.36 bits per heavy atom. The third-order valence-corrected chi connectivity index (χ3v) is 2.40. The van der Waals surface area contributed by atoms with Crippen LogP contribution in [0.25, 0.3) is 0 Å². The molecule has 0 aromatic carbocycles. The van der Waals surface area contributed by atoms with Crippen LogP contribution in [0.15, 0.2) is 5.10 Å². The highest BCUT2D eigenvalue weighted by Crippen LogP contribution is 1.85. The third-order valence-electron chi connectivity index (χ3n) is 1.27. The SMILES string of the molecule is CC/C(C)=N/NS(=O)(=O)CC. The van der Waals surface area contributed by atoms with Crippen molar-refractivity contribution in [1.29, 1.82) is 0 Å². The Morgan fingerprint density at radius 2 is 2.00 bits per heavy atom. The molecular formula is C6H14N2O2S. The monoisotopic (exact) mass is 178 g/mol. The van der Waals surface area contributed by atoms with Gasteiger partial charge in [-0.05, 0) is 20.3 Å². The fourth-order valence-electron chi connectivity index (χ4n) is 0.291. The summed E-state index contributed by atoms with van der Waals surface area (Å²) in [6.45, 7) is 5.26. The van der Waals surface area contributed by atoms with Crippen molar-refractivity contribution >= 4 is 15.7 Å². The van der Waals surface area contributed by atoms with Gasteiger partial charge in [-0.2, -0.15) is 5.10 Å². The Hall–Kier alpha value is -0.580. The van der Waals surface area contributed by atoms with E-state index in [1.165, 1.54) is 0 Å². The lowest BCUT2D eigenvalue weighted by Crippen LogP contribution is -2.21. The Labute approximate surface area is 67.7 Å². The molecule has 0 amide bonds. The number of hydrogen-bond donors (Lipinski definition) is 1. The molecule has 5 heteroatoms. The molecule has 0 aliphatic carbocycles. The molecule has 0 aliphatic rings. The number of sulfonamides is 1. The molecule has 0 spiro atoms. The van der Waals surface area contributed by atoms with E-state index < -0.39 is 10.0 Å². The molecule has 0 aliphatic heterocycles. The van der Waals surface area contributed by atoms with Crippen LogP contribution in [0.4, 0.5) is 0 Å². The van der Waals surface area contributed by atoms with E-state index in [4.69, 9.17) is 0 Å². The second-order valence-electron chi connectivity index (χ2n) is 2.20. The van der Waals surface area contributed by atoms with Gasteiger partial charge in [0, 0.05) is 5.71 Å². The summed E-state index contributed by atoms with van der Waals surface area (Å²) >= 11 is 0. The summed E-state index contributed by atoms with van der Waals surface area (Å²) in [6, 6.07) is 0. The fraction of sp³-hybridized carbons (Fsp3) is 0.833. The summed E-state index contributed by atoms with van der Waals surface area (Å²) in [6.07, 6.45) is 0.756. The van der Waals surface area contributed by atoms with Crippen molar-refractivity contribution in [2.75, 3.05) is 5.75 Å². The van der Waals surface area contributed by atoms with Crippen molar-refractivity contribution in [3.8, 4) is 0 Å². The van der Waals surface area contributed by atoms with E-state index in [1.54, 1.807) is 13.8 Å². The maximum Gasteiger partial charge on any atom is 0.247 e. The second kappa shape index (κ2) is 4.33. The summed E-state index contributed by atoms with van der Waals surface area (Å²) < 4.78 is 21.6. The van der Waals surface area contributed by atoms with Gasteiger partial charge in [0.1, 0.15) is 0 Å². The summed E-state index contributed by atoms with van der Waals surface area (Å²) in [5.41, 5.74) is 0.780. The van der Waals surface area contributed by atoms with Gasteiger partial charge in [-0.1, -0.05) is 6.92 Å². The molecule has 0 saturated carbocycles. The molecule has 0 radical (unpaired) electrons. The minimum Gasteiger partial charge on any atom is -0.205 e. The van der Waals surface area contributed by atoms with Crippen LogP contribution in [0.1, 0.15) is 27.2 Å². The Morgan fingerprint density at radius 1 is 1.45 bits per heavy atom. The first-order valence-corrected chi connectivity index (χ1v) is 5.19. The molecule has 4 nitrogen and oxygen atoms in total. The minimum atomic E-state index is -3.16. The van der Waals surface area contributed by atoms with E-state index in [-0.39, 0.29) is 5.75 Å². The molecule has 0 aromatic heterocycles. The molecule has 0 fully saturated rings. The van der Waals surface area contributed by atoms with Crippen LogP contribution < -0.4 is 4.83 Å². The number of nitrogens with one attached hydrogen (secondary N) is 1. The lowest BCUT2D eigenvalue weighted by molar-refractivity contribution is 0.585. The molecule has 0 rings (SSSR count). The molecule has 0 saturated heterocycles. The van der Waals surface area contributed by atoms with Crippen molar-refractivity contribution < 1.29 is 8.42 Å². The zero-order valence-corrected chi connectivity index (χ0v) is 7.90. The molecule has 0 atom stereocenters. The lowest BCUT2D eigenvalue weighted by atomic mass is 10.3. The van der Waals surface area contributed by atoms with Crippen LogP contribution >= 0.6 is 0 Å². The maximum atomic E-state index is 10.8. The Kier molecular flexibility index (Phi) is 4.10. The van der Waals surface area contributed by atoms with Crippen LogP contribution in [0.5, 0.6) is 0 Å². The lowest BCUT2D eigenvalue weighted by Gasteiger charge is -1.99. The molecule has 0 heterocycles. The zero-order chi connectivity index (χ0) is 8.91. The largest absolute Gasteiger partial charge is 0.247 e. The molecule has 0 bridgehead atoms. The summed E-state index contributed by atoms with van der Waals surface area (Å²) in [7, 11) is -3.16. The van der Waals surface area contributed by atoms with Gasteiger partial charge in [-0.3, -0.25) is 0 Å². The first-order valence-electron chi connectivity index (χ1n) is 3.54. The van der Waals surface area contributed by atoms with Gasteiger partial charge in [0.25, 0.3) is 0 Å². The zero-order valence-electron chi connectivity index (χ0n) is 7.09. The van der Waals surface area contributed by atoms with E-state index in [0.717, 1.165) is 12.1 Å². The normalized spacial score (nSPS) is 13.2. The van der Waals surface area contributed by atoms with E-state index in [0.29, 0.717) is 0 Å². The third kappa shape index (κ3) is 4.78. The van der Waals surface area contributed by atoms with Gasteiger partial charge >= 0.3 is 0 Å². The summed E-state index contributed by atoms with van der Waals surface area (Å²) in [5, 5.41) is 3.66. The highest BCUT2D eigenvalue weighted by Gasteiger charge is 2.02. The first kappa shape index (κ1) is 10.4. The average Bonchev–Trinajstić information content (AvgIpc) is 2.00. The molecule has 11 heavy (non-hydrogen) atoms. The summed E-state index contributed by atoms with van der Waals surface area (Å²) in [4.78, 5) is 2.12. The van der Waals surface area contributed by atoms with E-state index in [9.17, 15) is 8.42 Å². The Balaban J connectivity index is 4.08. The van der Waals surface area contributed by atoms with Crippen LogP contribution in [-0.2, 0) is 10.0 Å². The van der Waals surface area contributed by atoms with E-state index in [2.05, 4.69) is 9.93 Å². The van der Waals surface area contributed by atoms with Crippen molar-refractivity contribution in [1.82, 2.24) is 4.83 Å². The van der Waals surface area contributed by atoms with Crippen LogP contribution in [0.3, 0.4) is 0 Å². The number of hydrazone groups is 1. The Bertz CT molecular complexity index is 231. The topological polar surface area (TPSA) is 58.5 Å². The van der Waals surface area contributed by atoms with E-state index >= 15 is 0 Å². The quantitative estimate of drug-likeness (QED) is 0.509. The second-order valence-corrected chi connectivity index (χ2v) is 4.18. The molecular weight excluding hydrogens is 164 g/mol. The predicted molar refractivity (Wildman–Crippen MR) is 46.0 cm³/mol. The van der Waals surface area contributed by atoms with Gasteiger partial charge in [-0.25, -0.2) is 13.2 Å². The highest BCUT2D eigenvalue weighted by molar-refractivity contribution is 7.89. The van der Waals surface area contributed by atoms with Gasteiger partial charge in [0.05, 0.1) is 5.75 Å². The first-order chi connectivity index (χ1) is 5.02. The van der Waals surface area contributed by atoms with Crippen molar-refractivity contribution in [2.24, 2.45) is 5.10 Å². The van der Waals surface area contributed by atoms with Gasteiger partial charge in [0.2, 0.25) is 10.0 Å². The van der Waals surface area contributed by atoms with Gasteiger partial charge < -0.3 is 0 Å². The van der Waals surface area contributed by atoms with Crippen molar-refractivity contribution in [3.05, 3.63) is 0 Å². The summed E-state index contributed by atoms with van der Waals surface area (Å²) in [5.74, 6) is 0.0630. The predicted octanol–water partition coefficient (Wildman–Crippen LogP) is 0.712. The minimum absolute atomic E-state index is 0.0630. The molecule has 0 aromatic rings. The number of nitrogens with zero attached hydrogens (tertiary/aromatic N) is 1. The van der Waals surface area contributed by atoms with Crippen LogP contribution in [0, 0.1) is 0 Å². The van der Waals surface area contributed by atoms with E-state index in [1.807, 2.05) is 6.92 Å². The number of hydrogen-bond acceptors (Lipinski definition) is 3. The average molecular weight is 178 g/mol. The van der Waals surface area contributed by atoms with Gasteiger partial charge in [-0.15, -0.1) is 0 Å².